The third-order valence-corrected chi connectivity index (χ3v) is 6.04. The molecule has 0 saturated heterocycles. The second-order valence-corrected chi connectivity index (χ2v) is 7.44. The monoisotopic (exact) mass is 393 g/mol. The van der Waals surface area contributed by atoms with Gasteiger partial charge in [-0.25, -0.2) is 13.2 Å². The van der Waals surface area contributed by atoms with Gasteiger partial charge in [-0.1, -0.05) is 26.0 Å². The zero-order valence-corrected chi connectivity index (χ0v) is 16.6. The van der Waals surface area contributed by atoms with Gasteiger partial charge < -0.3 is 14.2 Å². The van der Waals surface area contributed by atoms with Gasteiger partial charge in [-0.15, -0.1) is 0 Å². The SMILES string of the molecule is CCN(CC)S(=O)(=O)c1cccc(C(=O)Oc2c(OC)cccc2OC)c1. The smallest absolute Gasteiger partial charge is 0.343 e. The van der Waals surface area contributed by atoms with E-state index in [2.05, 4.69) is 0 Å². The molecule has 2 aromatic rings. The molecule has 0 aliphatic heterocycles. The van der Waals surface area contributed by atoms with Crippen LogP contribution in [0, 0.1) is 0 Å². The summed E-state index contributed by atoms with van der Waals surface area (Å²) in [6, 6.07) is 10.7. The molecule has 8 heteroatoms. The predicted molar refractivity (Wildman–Crippen MR) is 101 cm³/mol. The van der Waals surface area contributed by atoms with Crippen LogP contribution in [-0.2, 0) is 10.0 Å². The van der Waals surface area contributed by atoms with Gasteiger partial charge in [0, 0.05) is 13.1 Å². The van der Waals surface area contributed by atoms with Crippen molar-refractivity contribution in [3.8, 4) is 17.2 Å². The Morgan fingerprint density at radius 2 is 1.52 bits per heavy atom. The summed E-state index contributed by atoms with van der Waals surface area (Å²) in [6.45, 7) is 4.19. The summed E-state index contributed by atoms with van der Waals surface area (Å²) in [7, 11) is -0.784. The lowest BCUT2D eigenvalue weighted by Crippen LogP contribution is -2.30. The van der Waals surface area contributed by atoms with Crippen LogP contribution in [0.5, 0.6) is 17.2 Å². The van der Waals surface area contributed by atoms with E-state index in [-0.39, 0.29) is 16.2 Å². The maximum Gasteiger partial charge on any atom is 0.343 e. The number of carbonyl (C=O) groups excluding carboxylic acids is 1. The van der Waals surface area contributed by atoms with E-state index in [0.29, 0.717) is 24.6 Å². The van der Waals surface area contributed by atoms with Gasteiger partial charge >= 0.3 is 5.97 Å². The Bertz CT molecular complexity index is 884. The average molecular weight is 393 g/mol. The van der Waals surface area contributed by atoms with Gasteiger partial charge in [-0.05, 0) is 30.3 Å². The van der Waals surface area contributed by atoms with E-state index in [1.54, 1.807) is 32.0 Å². The number of esters is 1. The molecule has 0 saturated carbocycles. The minimum Gasteiger partial charge on any atom is -0.493 e. The minimum absolute atomic E-state index is 0.0349. The van der Waals surface area contributed by atoms with Gasteiger partial charge in [0.15, 0.2) is 11.5 Å². The standard InChI is InChI=1S/C19H23NO6S/c1-5-20(6-2)27(22,23)15-10-7-9-14(13-15)19(21)26-18-16(24-3)11-8-12-17(18)25-4/h7-13H,5-6H2,1-4H3. The highest BCUT2D eigenvalue weighted by Gasteiger charge is 2.24. The van der Waals surface area contributed by atoms with E-state index in [9.17, 15) is 13.2 Å². The molecular weight excluding hydrogens is 370 g/mol. The van der Waals surface area contributed by atoms with Crippen molar-refractivity contribution in [3.63, 3.8) is 0 Å². The molecule has 0 spiro atoms. The maximum absolute atomic E-state index is 12.7. The van der Waals surface area contributed by atoms with Crippen LogP contribution in [0.3, 0.4) is 0 Å². The Morgan fingerprint density at radius 3 is 2.04 bits per heavy atom. The summed E-state index contributed by atoms with van der Waals surface area (Å²) < 4.78 is 42.5. The van der Waals surface area contributed by atoms with Gasteiger partial charge in [-0.2, -0.15) is 4.31 Å². The lowest BCUT2D eigenvalue weighted by Gasteiger charge is -2.18. The van der Waals surface area contributed by atoms with Gasteiger partial charge in [0.05, 0.1) is 24.7 Å². The average Bonchev–Trinajstić information content (AvgIpc) is 2.68. The van der Waals surface area contributed by atoms with Crippen molar-refractivity contribution < 1.29 is 27.4 Å². The third kappa shape index (κ3) is 4.40. The van der Waals surface area contributed by atoms with E-state index in [1.807, 2.05) is 0 Å². The van der Waals surface area contributed by atoms with Crippen molar-refractivity contribution in [1.29, 1.82) is 0 Å². The Morgan fingerprint density at radius 1 is 0.963 bits per heavy atom. The van der Waals surface area contributed by atoms with Crippen molar-refractivity contribution in [3.05, 3.63) is 48.0 Å². The molecule has 2 aromatic carbocycles. The zero-order chi connectivity index (χ0) is 20.0. The van der Waals surface area contributed by atoms with Crippen LogP contribution in [0.2, 0.25) is 0 Å². The van der Waals surface area contributed by atoms with E-state index >= 15 is 0 Å². The molecule has 0 radical (unpaired) electrons. The third-order valence-electron chi connectivity index (χ3n) is 3.99. The first kappa shape index (κ1) is 20.7. The quantitative estimate of drug-likeness (QED) is 0.507. The van der Waals surface area contributed by atoms with E-state index in [4.69, 9.17) is 14.2 Å². The number of ether oxygens (including phenoxy) is 3. The highest BCUT2D eigenvalue weighted by atomic mass is 32.2. The number of carbonyl (C=O) groups is 1. The van der Waals surface area contributed by atoms with Crippen LogP contribution in [0.15, 0.2) is 47.4 Å². The van der Waals surface area contributed by atoms with Crippen LogP contribution in [0.25, 0.3) is 0 Å². The second kappa shape index (κ2) is 8.88. The topological polar surface area (TPSA) is 82.1 Å². The van der Waals surface area contributed by atoms with Crippen LogP contribution in [-0.4, -0.2) is 46.0 Å². The van der Waals surface area contributed by atoms with Gasteiger partial charge in [0.25, 0.3) is 0 Å². The number of hydrogen-bond donors (Lipinski definition) is 0. The van der Waals surface area contributed by atoms with Crippen molar-refractivity contribution in [2.45, 2.75) is 18.7 Å². The number of rotatable bonds is 8. The van der Waals surface area contributed by atoms with Crippen molar-refractivity contribution in [2.24, 2.45) is 0 Å². The molecule has 2 rings (SSSR count). The Labute approximate surface area is 159 Å². The first-order valence-electron chi connectivity index (χ1n) is 8.42. The molecule has 0 bridgehead atoms. The number of para-hydroxylation sites is 1. The fourth-order valence-corrected chi connectivity index (χ4v) is 4.07. The molecule has 0 aliphatic rings. The highest BCUT2D eigenvalue weighted by molar-refractivity contribution is 7.89. The fourth-order valence-electron chi connectivity index (χ4n) is 2.57. The molecule has 0 aliphatic carbocycles. The molecule has 0 aromatic heterocycles. The molecule has 146 valence electrons. The lowest BCUT2D eigenvalue weighted by atomic mass is 10.2. The minimum atomic E-state index is -3.68. The molecule has 27 heavy (non-hydrogen) atoms. The number of nitrogens with zero attached hydrogens (tertiary/aromatic N) is 1. The largest absolute Gasteiger partial charge is 0.493 e. The second-order valence-electron chi connectivity index (χ2n) is 5.50. The predicted octanol–water partition coefficient (Wildman–Crippen LogP) is 2.95. The van der Waals surface area contributed by atoms with Crippen molar-refractivity contribution >= 4 is 16.0 Å². The number of methoxy groups -OCH3 is 2. The van der Waals surface area contributed by atoms with Crippen LogP contribution >= 0.6 is 0 Å². The molecular formula is C19H23NO6S. The Balaban J connectivity index is 2.37. The van der Waals surface area contributed by atoms with Crippen molar-refractivity contribution in [1.82, 2.24) is 4.31 Å². The normalized spacial score (nSPS) is 11.3. The Kier molecular flexibility index (Phi) is 6.81. The van der Waals surface area contributed by atoms with Crippen LogP contribution < -0.4 is 14.2 Å². The molecule has 0 fully saturated rings. The number of hydrogen-bond acceptors (Lipinski definition) is 6. The van der Waals surface area contributed by atoms with Gasteiger partial charge in [-0.3, -0.25) is 0 Å². The fraction of sp³-hybridized carbons (Fsp3) is 0.316. The summed E-state index contributed by atoms with van der Waals surface area (Å²) in [5.41, 5.74) is 0.108. The van der Waals surface area contributed by atoms with Crippen molar-refractivity contribution in [2.75, 3.05) is 27.3 Å². The van der Waals surface area contributed by atoms with Crippen LogP contribution in [0.4, 0.5) is 0 Å². The van der Waals surface area contributed by atoms with Gasteiger partial charge in [0.1, 0.15) is 0 Å². The number of benzene rings is 2. The summed E-state index contributed by atoms with van der Waals surface area (Å²) in [5, 5.41) is 0. The molecule has 7 nitrogen and oxygen atoms in total. The summed E-state index contributed by atoms with van der Waals surface area (Å²) >= 11 is 0. The van der Waals surface area contributed by atoms with Gasteiger partial charge in [0.2, 0.25) is 15.8 Å². The molecule has 0 N–H and O–H groups in total. The summed E-state index contributed by atoms with van der Waals surface area (Å²) in [6.07, 6.45) is 0. The van der Waals surface area contributed by atoms with E-state index in [1.165, 1.54) is 42.8 Å². The van der Waals surface area contributed by atoms with E-state index < -0.39 is 16.0 Å². The molecule has 0 unspecified atom stereocenters. The first-order chi connectivity index (χ1) is 12.9. The molecule has 0 atom stereocenters. The van der Waals surface area contributed by atoms with Crippen LogP contribution in [0.1, 0.15) is 24.2 Å². The maximum atomic E-state index is 12.7. The lowest BCUT2D eigenvalue weighted by molar-refractivity contribution is 0.0724. The highest BCUT2D eigenvalue weighted by Crippen LogP contribution is 2.37. The summed E-state index contributed by atoms with van der Waals surface area (Å²) in [5.74, 6) is 0.0723. The zero-order valence-electron chi connectivity index (χ0n) is 15.8. The first-order valence-corrected chi connectivity index (χ1v) is 9.86. The Hall–Kier alpha value is -2.58. The number of sulfonamides is 1. The molecule has 0 amide bonds. The molecule has 0 heterocycles. The van der Waals surface area contributed by atoms with E-state index in [0.717, 1.165) is 0 Å². The summed E-state index contributed by atoms with van der Waals surface area (Å²) in [4.78, 5) is 12.6.